The van der Waals surface area contributed by atoms with Gasteiger partial charge in [0, 0.05) is 5.56 Å². The summed E-state index contributed by atoms with van der Waals surface area (Å²) in [7, 11) is -1.14. The molecular weight excluding hydrogens is 218 g/mol. The highest BCUT2D eigenvalue weighted by Gasteiger charge is 2.23. The maximum atomic E-state index is 12.2. The summed E-state index contributed by atoms with van der Waals surface area (Å²) in [6.45, 7) is 0. The smallest absolute Gasteiger partial charge is 0.140 e. The third kappa shape index (κ3) is 1.41. The van der Waals surface area contributed by atoms with Gasteiger partial charge in [0.2, 0.25) is 0 Å². The second-order valence-electron chi connectivity index (χ2n) is 3.52. The zero-order valence-electron chi connectivity index (χ0n) is 8.46. The van der Waals surface area contributed by atoms with Crippen LogP contribution in [0.1, 0.15) is 5.56 Å². The van der Waals surface area contributed by atoms with Gasteiger partial charge in [0.25, 0.3) is 0 Å². The van der Waals surface area contributed by atoms with E-state index >= 15 is 0 Å². The Bertz CT molecular complexity index is 590. The van der Waals surface area contributed by atoms with Crippen LogP contribution >= 0.6 is 0 Å². The van der Waals surface area contributed by atoms with Crippen LogP contribution in [0.15, 0.2) is 64.5 Å². The first-order chi connectivity index (χ1) is 7.86. The van der Waals surface area contributed by atoms with Crippen molar-refractivity contribution in [1.82, 2.24) is 0 Å². The molecule has 0 aromatic heterocycles. The Morgan fingerprint density at radius 1 is 0.875 bits per heavy atom. The van der Waals surface area contributed by atoms with E-state index in [2.05, 4.69) is 4.99 Å². The van der Waals surface area contributed by atoms with Crippen LogP contribution in [0, 0.1) is 0 Å². The van der Waals surface area contributed by atoms with Gasteiger partial charge in [-0.3, -0.25) is 0 Å². The first-order valence-electron chi connectivity index (χ1n) is 5.01. The van der Waals surface area contributed by atoms with Gasteiger partial charge >= 0.3 is 0 Å². The molecule has 1 aliphatic heterocycles. The highest BCUT2D eigenvalue weighted by molar-refractivity contribution is 8.01. The van der Waals surface area contributed by atoms with E-state index in [1.165, 1.54) is 0 Å². The molecule has 0 radical (unpaired) electrons. The predicted molar refractivity (Wildman–Crippen MR) is 65.5 cm³/mol. The molecule has 0 fully saturated rings. The monoisotopic (exact) mass is 227 g/mol. The number of para-hydroxylation sites is 1. The average molecular weight is 227 g/mol. The molecule has 0 saturated carbocycles. The Morgan fingerprint density at radius 3 is 2.31 bits per heavy atom. The van der Waals surface area contributed by atoms with Crippen molar-refractivity contribution in [2.75, 3.05) is 0 Å². The lowest BCUT2D eigenvalue weighted by Crippen LogP contribution is -2.04. The molecule has 3 heteroatoms. The summed E-state index contributed by atoms with van der Waals surface area (Å²) in [6, 6.07) is 17.2. The summed E-state index contributed by atoms with van der Waals surface area (Å²) in [5.41, 5.74) is 1.75. The average Bonchev–Trinajstić information content (AvgIpc) is 2.69. The zero-order valence-corrected chi connectivity index (χ0v) is 9.28. The minimum absolute atomic E-state index is 0.654. The van der Waals surface area contributed by atoms with E-state index in [1.54, 1.807) is 0 Å². The largest absolute Gasteiger partial charge is 0.247 e. The van der Waals surface area contributed by atoms with E-state index in [0.717, 1.165) is 16.1 Å². The molecule has 0 bridgehead atoms. The Balaban J connectivity index is 2.13. The minimum atomic E-state index is -1.14. The maximum Gasteiger partial charge on any atom is 0.140 e. The van der Waals surface area contributed by atoms with Gasteiger partial charge in [-0.2, -0.15) is 0 Å². The molecule has 0 spiro atoms. The third-order valence-corrected chi connectivity index (χ3v) is 3.91. The number of aliphatic imine (C=N–C) groups is 1. The van der Waals surface area contributed by atoms with Crippen LogP contribution in [0.2, 0.25) is 0 Å². The molecule has 2 aromatic rings. The molecule has 1 atom stereocenters. The van der Waals surface area contributed by atoms with E-state index in [0.29, 0.717) is 5.04 Å². The Hall–Kier alpha value is -1.74. The van der Waals surface area contributed by atoms with E-state index in [-0.39, 0.29) is 0 Å². The van der Waals surface area contributed by atoms with Gasteiger partial charge in [0.15, 0.2) is 0 Å². The molecule has 1 heterocycles. The van der Waals surface area contributed by atoms with E-state index in [4.69, 9.17) is 0 Å². The molecular formula is C13H9NOS. The Morgan fingerprint density at radius 2 is 1.56 bits per heavy atom. The van der Waals surface area contributed by atoms with Crippen molar-refractivity contribution >= 4 is 21.5 Å². The highest BCUT2D eigenvalue weighted by Crippen LogP contribution is 2.31. The molecule has 3 rings (SSSR count). The van der Waals surface area contributed by atoms with Gasteiger partial charge in [-0.05, 0) is 12.1 Å². The fourth-order valence-corrected chi connectivity index (χ4v) is 2.96. The minimum Gasteiger partial charge on any atom is -0.247 e. The van der Waals surface area contributed by atoms with Crippen molar-refractivity contribution in [2.45, 2.75) is 4.90 Å². The van der Waals surface area contributed by atoms with Crippen LogP contribution in [0.5, 0.6) is 0 Å². The van der Waals surface area contributed by atoms with E-state index < -0.39 is 10.8 Å². The second-order valence-corrected chi connectivity index (χ2v) is 4.88. The van der Waals surface area contributed by atoms with Gasteiger partial charge in [-0.25, -0.2) is 9.20 Å². The standard InChI is InChI=1S/C13H9NOS/c15-16-12-9-5-4-8-11(12)14-13(16)10-6-2-1-3-7-10/h1-9H. The number of fused-ring (bicyclic) bond motifs is 1. The van der Waals surface area contributed by atoms with Crippen molar-refractivity contribution < 1.29 is 4.21 Å². The number of benzene rings is 2. The fraction of sp³-hybridized carbons (Fsp3) is 0. The quantitative estimate of drug-likeness (QED) is 0.736. The molecule has 0 aliphatic carbocycles. The van der Waals surface area contributed by atoms with Gasteiger partial charge in [0.1, 0.15) is 15.8 Å². The van der Waals surface area contributed by atoms with Crippen molar-refractivity contribution in [3.8, 4) is 0 Å². The maximum absolute atomic E-state index is 12.2. The lowest BCUT2D eigenvalue weighted by atomic mass is 10.2. The van der Waals surface area contributed by atoms with Crippen LogP contribution in [-0.2, 0) is 10.8 Å². The second kappa shape index (κ2) is 3.68. The molecule has 1 unspecified atom stereocenters. The number of nitrogens with zero attached hydrogens (tertiary/aromatic N) is 1. The van der Waals surface area contributed by atoms with Crippen LogP contribution in [-0.4, -0.2) is 9.25 Å². The van der Waals surface area contributed by atoms with Gasteiger partial charge in [-0.1, -0.05) is 42.5 Å². The Kier molecular flexibility index (Phi) is 2.18. The van der Waals surface area contributed by atoms with Gasteiger partial charge < -0.3 is 0 Å². The van der Waals surface area contributed by atoms with Crippen molar-refractivity contribution in [3.63, 3.8) is 0 Å². The van der Waals surface area contributed by atoms with Gasteiger partial charge in [-0.15, -0.1) is 0 Å². The predicted octanol–water partition coefficient (Wildman–Crippen LogP) is 2.89. The molecule has 2 nitrogen and oxygen atoms in total. The lowest BCUT2D eigenvalue weighted by molar-refractivity contribution is 0.690. The Labute approximate surface area is 96.1 Å². The fourth-order valence-electron chi connectivity index (χ4n) is 1.71. The zero-order chi connectivity index (χ0) is 11.0. The molecule has 0 N–H and O–H groups in total. The molecule has 0 saturated heterocycles. The first kappa shape index (κ1) is 9.48. The summed E-state index contributed by atoms with van der Waals surface area (Å²) in [5.74, 6) is 0. The summed E-state index contributed by atoms with van der Waals surface area (Å²) < 4.78 is 12.2. The lowest BCUT2D eigenvalue weighted by Gasteiger charge is -1.98. The molecule has 16 heavy (non-hydrogen) atoms. The first-order valence-corrected chi connectivity index (χ1v) is 6.16. The van der Waals surface area contributed by atoms with E-state index in [9.17, 15) is 4.21 Å². The molecule has 2 aromatic carbocycles. The molecule has 78 valence electrons. The number of rotatable bonds is 1. The number of hydrogen-bond donors (Lipinski definition) is 0. The normalized spacial score (nSPS) is 18.0. The van der Waals surface area contributed by atoms with Crippen LogP contribution in [0.4, 0.5) is 5.69 Å². The summed E-state index contributed by atoms with van der Waals surface area (Å²) in [5, 5.41) is 0.654. The van der Waals surface area contributed by atoms with Gasteiger partial charge in [0.05, 0.1) is 10.6 Å². The van der Waals surface area contributed by atoms with Crippen LogP contribution < -0.4 is 0 Å². The van der Waals surface area contributed by atoms with Crippen molar-refractivity contribution in [3.05, 3.63) is 60.2 Å². The third-order valence-electron chi connectivity index (χ3n) is 2.48. The highest BCUT2D eigenvalue weighted by atomic mass is 32.2. The van der Waals surface area contributed by atoms with Crippen LogP contribution in [0.25, 0.3) is 0 Å². The topological polar surface area (TPSA) is 29.4 Å². The molecule has 0 amide bonds. The summed E-state index contributed by atoms with van der Waals surface area (Å²) in [6.07, 6.45) is 0. The molecule has 1 aliphatic rings. The van der Waals surface area contributed by atoms with Crippen LogP contribution in [0.3, 0.4) is 0 Å². The van der Waals surface area contributed by atoms with Crippen molar-refractivity contribution in [1.29, 1.82) is 0 Å². The summed E-state index contributed by atoms with van der Waals surface area (Å²) >= 11 is 0. The van der Waals surface area contributed by atoms with Crippen molar-refractivity contribution in [2.24, 2.45) is 4.99 Å². The summed E-state index contributed by atoms with van der Waals surface area (Å²) in [4.78, 5) is 5.23. The van der Waals surface area contributed by atoms with E-state index in [1.807, 2.05) is 54.6 Å². The SMILES string of the molecule is O=S1C(c2ccccc2)=Nc2ccccc21. The number of hydrogen-bond acceptors (Lipinski definition) is 2.